The number of nitrogens with two attached hydrogens (primary N) is 1. The number of benzene rings is 1. The predicted octanol–water partition coefficient (Wildman–Crippen LogP) is 0.148. The van der Waals surface area contributed by atoms with Crippen molar-refractivity contribution in [1.82, 2.24) is 4.31 Å². The Morgan fingerprint density at radius 2 is 1.88 bits per heavy atom. The van der Waals surface area contributed by atoms with Crippen molar-refractivity contribution in [3.63, 3.8) is 0 Å². The van der Waals surface area contributed by atoms with E-state index in [0.717, 1.165) is 5.56 Å². The first-order valence-electron chi connectivity index (χ1n) is 5.46. The van der Waals surface area contributed by atoms with Gasteiger partial charge in [-0.05, 0) is 17.7 Å². The number of hydrogen-bond acceptors (Lipinski definition) is 4. The summed E-state index contributed by atoms with van der Waals surface area (Å²) in [6.45, 7) is 2.38. The molecular formula is C11H18N2O3S. The summed E-state index contributed by atoms with van der Waals surface area (Å²) >= 11 is 0. The molecule has 0 amide bonds. The van der Waals surface area contributed by atoms with Crippen LogP contribution < -0.4 is 5.73 Å². The van der Waals surface area contributed by atoms with E-state index in [4.69, 9.17) is 10.8 Å². The van der Waals surface area contributed by atoms with E-state index >= 15 is 0 Å². The van der Waals surface area contributed by atoms with Crippen LogP contribution in [0.25, 0.3) is 0 Å². The number of rotatable bonds is 6. The van der Waals surface area contributed by atoms with Crippen molar-refractivity contribution < 1.29 is 13.5 Å². The lowest BCUT2D eigenvalue weighted by atomic mass is 10.2. The summed E-state index contributed by atoms with van der Waals surface area (Å²) in [6, 6.07) is 6.47. The predicted molar refractivity (Wildman–Crippen MR) is 65.9 cm³/mol. The van der Waals surface area contributed by atoms with Gasteiger partial charge in [0.15, 0.2) is 0 Å². The van der Waals surface area contributed by atoms with Crippen molar-refractivity contribution >= 4 is 10.0 Å². The Morgan fingerprint density at radius 3 is 2.29 bits per heavy atom. The van der Waals surface area contributed by atoms with Crippen molar-refractivity contribution in [2.45, 2.75) is 18.4 Å². The first kappa shape index (κ1) is 14.1. The number of aliphatic hydroxyl groups excluding tert-OH is 1. The summed E-state index contributed by atoms with van der Waals surface area (Å²) in [5.41, 5.74) is 6.33. The second-order valence-corrected chi connectivity index (χ2v) is 5.51. The molecule has 96 valence electrons. The van der Waals surface area contributed by atoms with Crippen LogP contribution in [0.2, 0.25) is 0 Å². The van der Waals surface area contributed by atoms with Gasteiger partial charge in [0.25, 0.3) is 0 Å². The molecule has 3 N–H and O–H groups in total. The van der Waals surface area contributed by atoms with Crippen LogP contribution in [0.15, 0.2) is 29.2 Å². The Bertz CT molecular complexity index is 442. The Labute approximate surface area is 102 Å². The molecule has 0 aliphatic carbocycles. The minimum absolute atomic E-state index is 0.109. The maximum absolute atomic E-state index is 12.1. The fourth-order valence-corrected chi connectivity index (χ4v) is 2.95. The van der Waals surface area contributed by atoms with E-state index in [0.29, 0.717) is 13.1 Å². The Morgan fingerprint density at radius 1 is 1.29 bits per heavy atom. The van der Waals surface area contributed by atoms with Crippen LogP contribution in [0.1, 0.15) is 12.5 Å². The number of nitrogens with zero attached hydrogens (tertiary/aromatic N) is 1. The smallest absolute Gasteiger partial charge is 0.243 e. The maximum atomic E-state index is 12.1. The normalized spacial score (nSPS) is 12.0. The first-order valence-corrected chi connectivity index (χ1v) is 6.90. The second kappa shape index (κ2) is 6.11. The summed E-state index contributed by atoms with van der Waals surface area (Å²) in [5.74, 6) is 0. The molecule has 0 unspecified atom stereocenters. The molecule has 0 heterocycles. The molecule has 0 aromatic heterocycles. The lowest BCUT2D eigenvalue weighted by Crippen LogP contribution is -2.33. The maximum Gasteiger partial charge on any atom is 0.243 e. The molecular weight excluding hydrogens is 240 g/mol. The molecule has 1 aromatic carbocycles. The summed E-state index contributed by atoms with van der Waals surface area (Å²) in [4.78, 5) is 0.227. The minimum atomic E-state index is -3.51. The molecule has 0 fully saturated rings. The topological polar surface area (TPSA) is 83.6 Å². The van der Waals surface area contributed by atoms with Crippen molar-refractivity contribution in [2.75, 3.05) is 19.7 Å². The van der Waals surface area contributed by atoms with E-state index in [-0.39, 0.29) is 18.0 Å². The second-order valence-electron chi connectivity index (χ2n) is 3.57. The molecule has 0 saturated carbocycles. The van der Waals surface area contributed by atoms with Gasteiger partial charge in [-0.15, -0.1) is 0 Å². The molecule has 0 radical (unpaired) electrons. The van der Waals surface area contributed by atoms with Crippen molar-refractivity contribution in [1.29, 1.82) is 0 Å². The van der Waals surface area contributed by atoms with Gasteiger partial charge < -0.3 is 10.8 Å². The van der Waals surface area contributed by atoms with Gasteiger partial charge in [-0.3, -0.25) is 0 Å². The van der Waals surface area contributed by atoms with Crippen molar-refractivity contribution in [3.05, 3.63) is 29.8 Å². The average Bonchev–Trinajstić information content (AvgIpc) is 2.35. The Balaban J connectivity index is 3.02. The van der Waals surface area contributed by atoms with E-state index in [2.05, 4.69) is 0 Å². The van der Waals surface area contributed by atoms with Gasteiger partial charge in [0.1, 0.15) is 0 Å². The van der Waals surface area contributed by atoms with E-state index in [9.17, 15) is 8.42 Å². The molecule has 0 saturated heterocycles. The highest BCUT2D eigenvalue weighted by Gasteiger charge is 2.21. The highest BCUT2D eigenvalue weighted by molar-refractivity contribution is 7.89. The molecule has 1 aromatic rings. The zero-order valence-electron chi connectivity index (χ0n) is 9.83. The average molecular weight is 258 g/mol. The summed E-state index contributed by atoms with van der Waals surface area (Å²) in [7, 11) is -3.51. The Hall–Kier alpha value is -0.950. The number of likely N-dealkylation sites (N-methyl/N-ethyl adjacent to an activating group) is 1. The van der Waals surface area contributed by atoms with Crippen LogP contribution in [0.3, 0.4) is 0 Å². The van der Waals surface area contributed by atoms with Crippen LogP contribution >= 0.6 is 0 Å². The van der Waals surface area contributed by atoms with E-state index in [1.165, 1.54) is 16.4 Å². The zero-order valence-corrected chi connectivity index (χ0v) is 10.7. The highest BCUT2D eigenvalue weighted by Crippen LogP contribution is 2.15. The number of sulfonamides is 1. The summed E-state index contributed by atoms with van der Waals surface area (Å²) in [6.07, 6.45) is 0. The molecule has 0 spiro atoms. The number of aliphatic hydroxyl groups is 1. The number of hydrogen-bond donors (Lipinski definition) is 2. The monoisotopic (exact) mass is 258 g/mol. The standard InChI is InChI=1S/C11H18N2O3S/c1-2-13(7-8-14)17(15,16)11-5-3-10(9-12)4-6-11/h3-6,14H,2,7-9,12H2,1H3. The van der Waals surface area contributed by atoms with Crippen LogP contribution in [-0.4, -0.2) is 37.5 Å². The minimum Gasteiger partial charge on any atom is -0.395 e. The van der Waals surface area contributed by atoms with Gasteiger partial charge in [-0.1, -0.05) is 19.1 Å². The molecule has 5 nitrogen and oxygen atoms in total. The quantitative estimate of drug-likeness (QED) is 0.760. The van der Waals surface area contributed by atoms with Gasteiger partial charge in [-0.2, -0.15) is 4.31 Å². The van der Waals surface area contributed by atoms with Crippen molar-refractivity contribution in [3.8, 4) is 0 Å². The molecule has 0 atom stereocenters. The highest BCUT2D eigenvalue weighted by atomic mass is 32.2. The van der Waals surface area contributed by atoms with Crippen LogP contribution in [0.4, 0.5) is 0 Å². The van der Waals surface area contributed by atoms with Gasteiger partial charge in [0.2, 0.25) is 10.0 Å². The van der Waals surface area contributed by atoms with Crippen LogP contribution in [0, 0.1) is 0 Å². The van der Waals surface area contributed by atoms with Crippen molar-refractivity contribution in [2.24, 2.45) is 5.73 Å². The molecule has 17 heavy (non-hydrogen) atoms. The third kappa shape index (κ3) is 3.26. The third-order valence-corrected chi connectivity index (χ3v) is 4.49. The lowest BCUT2D eigenvalue weighted by molar-refractivity contribution is 0.257. The first-order chi connectivity index (χ1) is 8.06. The molecule has 6 heteroatoms. The third-order valence-electron chi connectivity index (χ3n) is 2.50. The SMILES string of the molecule is CCN(CCO)S(=O)(=O)c1ccc(CN)cc1. The van der Waals surface area contributed by atoms with Gasteiger partial charge in [-0.25, -0.2) is 8.42 Å². The van der Waals surface area contributed by atoms with Crippen LogP contribution in [0.5, 0.6) is 0 Å². The van der Waals surface area contributed by atoms with Gasteiger partial charge in [0.05, 0.1) is 11.5 Å². The molecule has 0 bridgehead atoms. The Kier molecular flexibility index (Phi) is 5.07. The summed E-state index contributed by atoms with van der Waals surface area (Å²) < 4.78 is 25.5. The van der Waals surface area contributed by atoms with E-state index in [1.807, 2.05) is 0 Å². The fourth-order valence-electron chi connectivity index (χ4n) is 1.51. The molecule has 1 rings (SSSR count). The van der Waals surface area contributed by atoms with Gasteiger partial charge >= 0.3 is 0 Å². The van der Waals surface area contributed by atoms with Crippen LogP contribution in [-0.2, 0) is 16.6 Å². The molecule has 0 aliphatic heterocycles. The van der Waals surface area contributed by atoms with E-state index in [1.54, 1.807) is 19.1 Å². The lowest BCUT2D eigenvalue weighted by Gasteiger charge is -2.19. The molecule has 0 aliphatic rings. The van der Waals surface area contributed by atoms with Gasteiger partial charge in [0, 0.05) is 19.6 Å². The summed E-state index contributed by atoms with van der Waals surface area (Å²) in [5, 5.41) is 8.84. The van der Waals surface area contributed by atoms with E-state index < -0.39 is 10.0 Å². The fraction of sp³-hybridized carbons (Fsp3) is 0.455. The largest absolute Gasteiger partial charge is 0.395 e. The zero-order chi connectivity index (χ0) is 12.9.